The van der Waals surface area contributed by atoms with Gasteiger partial charge >= 0.3 is 21.7 Å². The van der Waals surface area contributed by atoms with E-state index in [1.165, 1.54) is 5.57 Å². The van der Waals surface area contributed by atoms with Gasteiger partial charge in [0.05, 0.1) is 0 Å². The predicted octanol–water partition coefficient (Wildman–Crippen LogP) is -3.89. The van der Waals surface area contributed by atoms with Gasteiger partial charge in [-0.05, 0) is 6.42 Å². The van der Waals surface area contributed by atoms with Gasteiger partial charge in [0, 0.05) is 13.2 Å². The molecule has 1 rings (SSSR count). The fourth-order valence-electron chi connectivity index (χ4n) is 0.876. The number of allylic oxidation sites excluding steroid dienone is 2. The third-order valence-electron chi connectivity index (χ3n) is 1.37. The largest absolute Gasteiger partial charge is 3.00 e. The van der Waals surface area contributed by atoms with Crippen LogP contribution in [0.5, 0.6) is 0 Å². The van der Waals surface area contributed by atoms with E-state index in [4.69, 9.17) is 4.74 Å². The smallest absolute Gasteiger partial charge is 1.00 e. The minimum Gasteiger partial charge on any atom is -1.00 e. The maximum absolute atomic E-state index is 5.32. The van der Waals surface area contributed by atoms with Gasteiger partial charge in [0.1, 0.15) is 0 Å². The van der Waals surface area contributed by atoms with E-state index in [1.807, 2.05) is 0 Å². The SMILES string of the molecule is CCCOCC1=[C-]CC=C1.[Cl-].[Cl-].[Ti+3]. The van der Waals surface area contributed by atoms with Crippen molar-refractivity contribution in [1.82, 2.24) is 0 Å². The number of rotatable bonds is 4. The average Bonchev–Trinajstić information content (AvgIpc) is 2.41. The van der Waals surface area contributed by atoms with Gasteiger partial charge < -0.3 is 29.6 Å². The van der Waals surface area contributed by atoms with Crippen LogP contribution in [-0.2, 0) is 26.5 Å². The fourth-order valence-corrected chi connectivity index (χ4v) is 0.876. The van der Waals surface area contributed by atoms with Gasteiger partial charge in [-0.15, -0.1) is 6.42 Å². The van der Waals surface area contributed by atoms with Crippen LogP contribution in [0.15, 0.2) is 17.7 Å². The van der Waals surface area contributed by atoms with Crippen LogP contribution in [-0.4, -0.2) is 13.2 Å². The van der Waals surface area contributed by atoms with Crippen molar-refractivity contribution >= 4 is 0 Å². The van der Waals surface area contributed by atoms with Crippen molar-refractivity contribution in [2.75, 3.05) is 13.2 Å². The molecular formula is C9H13Cl2OTi. The number of ether oxygens (including phenoxy) is 1. The van der Waals surface area contributed by atoms with Crippen molar-refractivity contribution in [3.63, 3.8) is 0 Å². The molecule has 0 saturated heterocycles. The first-order chi connectivity index (χ1) is 4.93. The number of hydrogen-bond donors (Lipinski definition) is 0. The maximum Gasteiger partial charge on any atom is 3.00 e. The Hall–Kier alpha value is 0.734. The van der Waals surface area contributed by atoms with Gasteiger partial charge in [-0.3, -0.25) is 6.08 Å². The zero-order valence-electron chi connectivity index (χ0n) is 7.65. The van der Waals surface area contributed by atoms with Gasteiger partial charge in [0.25, 0.3) is 0 Å². The summed E-state index contributed by atoms with van der Waals surface area (Å²) in [5, 5.41) is 0. The molecule has 1 aliphatic carbocycles. The summed E-state index contributed by atoms with van der Waals surface area (Å²) >= 11 is 0. The Labute approximate surface area is 108 Å². The molecule has 0 spiro atoms. The minimum atomic E-state index is 0. The zero-order chi connectivity index (χ0) is 7.23. The van der Waals surface area contributed by atoms with E-state index in [0.717, 1.165) is 26.1 Å². The summed E-state index contributed by atoms with van der Waals surface area (Å²) in [6.45, 7) is 3.71. The normalized spacial score (nSPS) is 12.2. The Kier molecular flexibility index (Phi) is 18.9. The Morgan fingerprint density at radius 3 is 2.62 bits per heavy atom. The van der Waals surface area contributed by atoms with Crippen molar-refractivity contribution in [3.05, 3.63) is 23.8 Å². The predicted molar refractivity (Wildman–Crippen MR) is 41.6 cm³/mol. The summed E-state index contributed by atoms with van der Waals surface area (Å²) in [7, 11) is 0. The molecule has 13 heavy (non-hydrogen) atoms. The topological polar surface area (TPSA) is 9.23 Å². The fraction of sp³-hybridized carbons (Fsp3) is 0.556. The Morgan fingerprint density at radius 2 is 2.15 bits per heavy atom. The summed E-state index contributed by atoms with van der Waals surface area (Å²) in [5.74, 6) is 0. The number of hydrogen-bond acceptors (Lipinski definition) is 1. The van der Waals surface area contributed by atoms with Crippen LogP contribution in [0, 0.1) is 6.08 Å². The number of halogens is 2. The zero-order valence-corrected chi connectivity index (χ0v) is 10.7. The third-order valence-corrected chi connectivity index (χ3v) is 1.37. The third kappa shape index (κ3) is 9.05. The van der Waals surface area contributed by atoms with Gasteiger partial charge in [-0.25, -0.2) is 6.08 Å². The van der Waals surface area contributed by atoms with Gasteiger partial charge in [0.15, 0.2) is 0 Å². The molecule has 0 amide bonds. The summed E-state index contributed by atoms with van der Waals surface area (Å²) in [6.07, 6.45) is 9.43. The van der Waals surface area contributed by atoms with Gasteiger partial charge in [-0.1, -0.05) is 6.92 Å². The second-order valence-electron chi connectivity index (χ2n) is 2.36. The van der Waals surface area contributed by atoms with Gasteiger partial charge in [-0.2, -0.15) is 11.6 Å². The molecule has 0 aliphatic heterocycles. The van der Waals surface area contributed by atoms with Crippen LogP contribution in [0.2, 0.25) is 0 Å². The average molecular weight is 256 g/mol. The van der Waals surface area contributed by atoms with Gasteiger partial charge in [0.2, 0.25) is 0 Å². The molecule has 1 radical (unpaired) electrons. The molecule has 0 fully saturated rings. The van der Waals surface area contributed by atoms with Crippen LogP contribution in [0.4, 0.5) is 0 Å². The van der Waals surface area contributed by atoms with E-state index >= 15 is 0 Å². The molecule has 1 aliphatic rings. The van der Waals surface area contributed by atoms with E-state index in [1.54, 1.807) is 0 Å². The minimum absolute atomic E-state index is 0. The van der Waals surface area contributed by atoms with Crippen molar-refractivity contribution < 1.29 is 51.3 Å². The van der Waals surface area contributed by atoms with Crippen LogP contribution >= 0.6 is 0 Å². The second-order valence-corrected chi connectivity index (χ2v) is 2.36. The van der Waals surface area contributed by atoms with E-state index < -0.39 is 0 Å². The molecule has 0 aromatic heterocycles. The molecule has 0 saturated carbocycles. The van der Waals surface area contributed by atoms with Crippen LogP contribution in [0.25, 0.3) is 0 Å². The first-order valence-electron chi connectivity index (χ1n) is 3.77. The standard InChI is InChI=1S/C9H13O.2ClH.Ti/c1-2-7-10-8-9-5-3-4-6-9;;;/h3,5H,2,4,7-8H2,1H3;2*1H;/q-1;;;+3/p-2. The monoisotopic (exact) mass is 255 g/mol. The van der Waals surface area contributed by atoms with Crippen LogP contribution < -0.4 is 24.8 Å². The van der Waals surface area contributed by atoms with E-state index in [9.17, 15) is 0 Å². The summed E-state index contributed by atoms with van der Waals surface area (Å²) < 4.78 is 5.32. The Morgan fingerprint density at radius 1 is 1.46 bits per heavy atom. The maximum atomic E-state index is 5.32. The van der Waals surface area contributed by atoms with Crippen molar-refractivity contribution in [1.29, 1.82) is 0 Å². The molecule has 73 valence electrons. The van der Waals surface area contributed by atoms with E-state index in [2.05, 4.69) is 25.2 Å². The molecule has 4 heteroatoms. The van der Waals surface area contributed by atoms with Crippen LogP contribution in [0.3, 0.4) is 0 Å². The molecule has 0 unspecified atom stereocenters. The Balaban J connectivity index is -0.000000333. The molecule has 0 heterocycles. The summed E-state index contributed by atoms with van der Waals surface area (Å²) in [6, 6.07) is 0. The van der Waals surface area contributed by atoms with Crippen molar-refractivity contribution in [2.45, 2.75) is 19.8 Å². The molecular weight excluding hydrogens is 243 g/mol. The molecule has 0 N–H and O–H groups in total. The van der Waals surface area contributed by atoms with E-state index in [0.29, 0.717) is 0 Å². The summed E-state index contributed by atoms with van der Waals surface area (Å²) in [4.78, 5) is 0. The van der Waals surface area contributed by atoms with Crippen molar-refractivity contribution in [2.24, 2.45) is 0 Å². The second kappa shape index (κ2) is 12.7. The van der Waals surface area contributed by atoms with Crippen LogP contribution in [0.1, 0.15) is 19.8 Å². The quantitative estimate of drug-likeness (QED) is 0.284. The molecule has 1 nitrogen and oxygen atoms in total. The van der Waals surface area contributed by atoms with Crippen molar-refractivity contribution in [3.8, 4) is 0 Å². The molecule has 0 bridgehead atoms. The first kappa shape index (κ1) is 19.3. The Bertz CT molecular complexity index is 158. The molecule has 0 aromatic carbocycles. The first-order valence-corrected chi connectivity index (χ1v) is 3.77. The van der Waals surface area contributed by atoms with E-state index in [-0.39, 0.29) is 46.5 Å². The molecule has 0 aromatic rings. The summed E-state index contributed by atoms with van der Waals surface area (Å²) in [5.41, 5.74) is 1.20. The molecule has 0 atom stereocenters.